The zero-order chi connectivity index (χ0) is 14.8. The van der Waals surface area contributed by atoms with Gasteiger partial charge in [-0.15, -0.1) is 0 Å². The summed E-state index contributed by atoms with van der Waals surface area (Å²) in [5, 5.41) is 0. The van der Waals surface area contributed by atoms with Crippen molar-refractivity contribution in [2.75, 3.05) is 12.8 Å². The van der Waals surface area contributed by atoms with E-state index in [4.69, 9.17) is 19.6 Å². The lowest BCUT2D eigenvalue weighted by atomic mass is 10.3. The number of nitrogen functional groups attached to an aromatic ring is 1. The SMILES string of the molecule is COc1ccc(OCc2nc3c(N)cccc3o2)c(Br)c1. The molecule has 3 rings (SSSR count). The molecule has 0 atom stereocenters. The van der Waals surface area contributed by atoms with Gasteiger partial charge in [-0.05, 0) is 46.3 Å². The van der Waals surface area contributed by atoms with E-state index in [0.717, 1.165) is 10.2 Å². The van der Waals surface area contributed by atoms with Crippen LogP contribution in [0.25, 0.3) is 11.1 Å². The van der Waals surface area contributed by atoms with Crippen LogP contribution in [0.1, 0.15) is 5.89 Å². The molecule has 0 unspecified atom stereocenters. The maximum atomic E-state index is 5.85. The van der Waals surface area contributed by atoms with Gasteiger partial charge >= 0.3 is 0 Å². The van der Waals surface area contributed by atoms with Crippen LogP contribution in [0.5, 0.6) is 11.5 Å². The summed E-state index contributed by atoms with van der Waals surface area (Å²) < 4.78 is 17.2. The Bertz CT molecular complexity index is 786. The summed E-state index contributed by atoms with van der Waals surface area (Å²) in [7, 11) is 1.62. The van der Waals surface area contributed by atoms with Crippen molar-refractivity contribution in [1.82, 2.24) is 4.98 Å². The monoisotopic (exact) mass is 348 g/mol. The van der Waals surface area contributed by atoms with Crippen molar-refractivity contribution in [2.24, 2.45) is 0 Å². The number of methoxy groups -OCH3 is 1. The third-order valence-corrected chi connectivity index (χ3v) is 3.60. The van der Waals surface area contributed by atoms with Crippen LogP contribution < -0.4 is 15.2 Å². The van der Waals surface area contributed by atoms with Gasteiger partial charge in [0.15, 0.2) is 12.2 Å². The lowest BCUT2D eigenvalue weighted by molar-refractivity contribution is 0.265. The molecule has 6 heteroatoms. The van der Waals surface area contributed by atoms with Gasteiger partial charge < -0.3 is 19.6 Å². The number of fused-ring (bicyclic) bond motifs is 1. The predicted molar refractivity (Wildman–Crippen MR) is 83.4 cm³/mol. The first-order chi connectivity index (χ1) is 10.2. The molecule has 3 aromatic rings. The molecule has 1 aromatic heterocycles. The van der Waals surface area contributed by atoms with Gasteiger partial charge in [-0.25, -0.2) is 4.98 Å². The first-order valence-electron chi connectivity index (χ1n) is 6.27. The zero-order valence-corrected chi connectivity index (χ0v) is 12.9. The van der Waals surface area contributed by atoms with Crippen molar-refractivity contribution in [3.8, 4) is 11.5 Å². The lowest BCUT2D eigenvalue weighted by Gasteiger charge is -2.07. The third kappa shape index (κ3) is 2.80. The van der Waals surface area contributed by atoms with E-state index in [-0.39, 0.29) is 6.61 Å². The molecule has 0 radical (unpaired) electrons. The van der Waals surface area contributed by atoms with Crippen molar-refractivity contribution in [3.63, 3.8) is 0 Å². The molecule has 0 aliphatic carbocycles. The maximum Gasteiger partial charge on any atom is 0.233 e. The minimum absolute atomic E-state index is 0.221. The topological polar surface area (TPSA) is 70.5 Å². The van der Waals surface area contributed by atoms with E-state index in [1.54, 1.807) is 13.2 Å². The fourth-order valence-corrected chi connectivity index (χ4v) is 2.41. The normalized spacial score (nSPS) is 10.8. The van der Waals surface area contributed by atoms with Gasteiger partial charge in [-0.2, -0.15) is 0 Å². The molecule has 0 aliphatic heterocycles. The molecule has 21 heavy (non-hydrogen) atoms. The summed E-state index contributed by atoms with van der Waals surface area (Å²) in [6, 6.07) is 10.9. The molecule has 0 fully saturated rings. The van der Waals surface area contributed by atoms with E-state index in [2.05, 4.69) is 20.9 Å². The molecule has 1 heterocycles. The number of rotatable bonds is 4. The molecule has 0 amide bonds. The van der Waals surface area contributed by atoms with Gasteiger partial charge in [0, 0.05) is 0 Å². The average Bonchev–Trinajstić information content (AvgIpc) is 2.90. The van der Waals surface area contributed by atoms with Crippen molar-refractivity contribution in [2.45, 2.75) is 6.61 Å². The fraction of sp³-hybridized carbons (Fsp3) is 0.133. The van der Waals surface area contributed by atoms with Gasteiger partial charge in [-0.1, -0.05) is 6.07 Å². The van der Waals surface area contributed by atoms with Crippen molar-refractivity contribution in [3.05, 3.63) is 46.8 Å². The number of anilines is 1. The van der Waals surface area contributed by atoms with E-state index < -0.39 is 0 Å². The Kier molecular flexibility index (Phi) is 3.70. The van der Waals surface area contributed by atoms with Gasteiger partial charge in [0.1, 0.15) is 17.0 Å². The van der Waals surface area contributed by atoms with Crippen LogP contribution in [0.3, 0.4) is 0 Å². The number of halogens is 1. The standard InChI is InChI=1S/C15H13BrN2O3/c1-19-9-5-6-12(10(16)7-9)20-8-14-18-15-11(17)3-2-4-13(15)21-14/h2-7H,8,17H2,1H3. The highest BCUT2D eigenvalue weighted by atomic mass is 79.9. The fourth-order valence-electron chi connectivity index (χ4n) is 1.94. The van der Waals surface area contributed by atoms with Crippen LogP contribution in [-0.2, 0) is 6.61 Å². The molecular weight excluding hydrogens is 336 g/mol. The van der Waals surface area contributed by atoms with Gasteiger partial charge in [-0.3, -0.25) is 0 Å². The summed E-state index contributed by atoms with van der Waals surface area (Å²) in [5.74, 6) is 1.92. The van der Waals surface area contributed by atoms with E-state index in [9.17, 15) is 0 Å². The van der Waals surface area contributed by atoms with E-state index in [0.29, 0.717) is 28.4 Å². The zero-order valence-electron chi connectivity index (χ0n) is 11.3. The van der Waals surface area contributed by atoms with Crippen LogP contribution in [0.15, 0.2) is 45.3 Å². The van der Waals surface area contributed by atoms with Crippen LogP contribution >= 0.6 is 15.9 Å². The Balaban J connectivity index is 1.78. The van der Waals surface area contributed by atoms with Crippen LogP contribution in [-0.4, -0.2) is 12.1 Å². The van der Waals surface area contributed by atoms with Gasteiger partial charge in [0.05, 0.1) is 17.3 Å². The van der Waals surface area contributed by atoms with E-state index in [1.165, 1.54) is 0 Å². The molecule has 108 valence electrons. The number of para-hydroxylation sites is 1. The highest BCUT2D eigenvalue weighted by molar-refractivity contribution is 9.10. The number of aromatic nitrogens is 1. The van der Waals surface area contributed by atoms with E-state index in [1.807, 2.05) is 30.3 Å². The minimum atomic E-state index is 0.221. The molecule has 0 spiro atoms. The first-order valence-corrected chi connectivity index (χ1v) is 7.07. The smallest absolute Gasteiger partial charge is 0.233 e. The number of oxazole rings is 1. The lowest BCUT2D eigenvalue weighted by Crippen LogP contribution is -1.96. The highest BCUT2D eigenvalue weighted by Crippen LogP contribution is 2.30. The molecule has 0 aliphatic rings. The first kappa shape index (κ1) is 13.8. The number of nitrogens with two attached hydrogens (primary N) is 1. The van der Waals surface area contributed by atoms with Crippen LogP contribution in [0.4, 0.5) is 5.69 Å². The Morgan fingerprint density at radius 1 is 1.29 bits per heavy atom. The second-order valence-corrected chi connectivity index (χ2v) is 5.24. The molecule has 2 aromatic carbocycles. The second-order valence-electron chi connectivity index (χ2n) is 4.39. The molecular formula is C15H13BrN2O3. The number of benzene rings is 2. The number of nitrogens with zero attached hydrogens (tertiary/aromatic N) is 1. The minimum Gasteiger partial charge on any atom is -0.497 e. The Hall–Kier alpha value is -2.21. The van der Waals surface area contributed by atoms with E-state index >= 15 is 0 Å². The van der Waals surface area contributed by atoms with Crippen LogP contribution in [0, 0.1) is 0 Å². The summed E-state index contributed by atoms with van der Waals surface area (Å²) in [6.07, 6.45) is 0. The molecule has 2 N–H and O–H groups in total. The van der Waals surface area contributed by atoms with Crippen molar-refractivity contribution >= 4 is 32.7 Å². The Morgan fingerprint density at radius 3 is 2.86 bits per heavy atom. The Morgan fingerprint density at radius 2 is 2.14 bits per heavy atom. The van der Waals surface area contributed by atoms with Crippen LogP contribution in [0.2, 0.25) is 0 Å². The summed E-state index contributed by atoms with van der Waals surface area (Å²) in [6.45, 7) is 0.221. The van der Waals surface area contributed by atoms with Gasteiger partial charge in [0.2, 0.25) is 5.89 Å². The quantitative estimate of drug-likeness (QED) is 0.727. The number of hydrogen-bond acceptors (Lipinski definition) is 5. The molecule has 0 bridgehead atoms. The highest BCUT2D eigenvalue weighted by Gasteiger charge is 2.10. The van der Waals surface area contributed by atoms with Crippen molar-refractivity contribution < 1.29 is 13.9 Å². The number of ether oxygens (including phenoxy) is 2. The second kappa shape index (κ2) is 5.65. The maximum absolute atomic E-state index is 5.85. The molecule has 0 saturated heterocycles. The summed E-state index contributed by atoms with van der Waals surface area (Å²) in [5.41, 5.74) is 7.75. The largest absolute Gasteiger partial charge is 0.497 e. The molecule has 0 saturated carbocycles. The van der Waals surface area contributed by atoms with Gasteiger partial charge in [0.25, 0.3) is 0 Å². The van der Waals surface area contributed by atoms with Crippen molar-refractivity contribution in [1.29, 1.82) is 0 Å². The summed E-state index contributed by atoms with van der Waals surface area (Å²) in [4.78, 5) is 4.33. The molecule has 5 nitrogen and oxygen atoms in total. The predicted octanol–water partition coefficient (Wildman–Crippen LogP) is 3.76. The summed E-state index contributed by atoms with van der Waals surface area (Å²) >= 11 is 3.43. The third-order valence-electron chi connectivity index (χ3n) is 2.98. The average molecular weight is 349 g/mol. The Labute approximate surface area is 129 Å². The number of hydrogen-bond donors (Lipinski definition) is 1.